The Bertz CT molecular complexity index is 1070. The van der Waals surface area contributed by atoms with Crippen LogP contribution in [0.1, 0.15) is 46.5 Å². The number of hydrogen-bond donors (Lipinski definition) is 2. The number of aliphatic hydroxyl groups is 2. The minimum atomic E-state index is -0.759. The van der Waals surface area contributed by atoms with Crippen molar-refractivity contribution in [1.29, 1.82) is 0 Å². The Balaban J connectivity index is 1.21. The van der Waals surface area contributed by atoms with Crippen LogP contribution in [-0.2, 0) is 33.3 Å². The highest BCUT2D eigenvalue weighted by Crippen LogP contribution is 2.71. The molecule has 5 rings (SSSR count). The van der Waals surface area contributed by atoms with Crippen LogP contribution in [0.3, 0.4) is 0 Å². The number of carbonyl (C=O) groups excluding carboxylic acids is 2. The first-order valence-corrected chi connectivity index (χ1v) is 13.4. The minimum absolute atomic E-state index is 0.0657. The number of carbonyl (C=O) groups is 2. The maximum atomic E-state index is 12.9. The van der Waals surface area contributed by atoms with Gasteiger partial charge in [-0.15, -0.1) is 0 Å². The van der Waals surface area contributed by atoms with Crippen LogP contribution in [0, 0.1) is 10.8 Å². The molecule has 2 aliphatic carbocycles. The molecule has 2 unspecified atom stereocenters. The maximum Gasteiger partial charge on any atom is 0.331 e. The summed E-state index contributed by atoms with van der Waals surface area (Å²) >= 11 is 0. The Hall–Kier alpha value is -2.30. The van der Waals surface area contributed by atoms with Crippen molar-refractivity contribution in [2.75, 3.05) is 26.4 Å². The van der Waals surface area contributed by atoms with Crippen LogP contribution < -0.4 is 0 Å². The maximum absolute atomic E-state index is 12.9. The molecule has 3 heterocycles. The molecule has 3 aliphatic heterocycles. The molecule has 1 spiro atoms. The van der Waals surface area contributed by atoms with Crippen LogP contribution in [0.4, 0.5) is 0 Å². The standard InChI is InChI=1S/C29H38O9/c1-18-8-10-28(16-30)23(12-18)37-24-14-22(27(28,3)29(24)17-36-29)38-25(32)7-5-4-6-21(19(2)31)34-11-9-20-13-26(33)35-15-20/h4-7,12-13,19,21-24,30-31H,8-11,14-17H2,1-3H3/b6-4+,7-5+/t19?,21?,22-,23+,24+,27+,28+,29+/m0/s1. The van der Waals surface area contributed by atoms with Gasteiger partial charge in [0, 0.05) is 29.4 Å². The number of fused-ring (bicyclic) bond motifs is 2. The van der Waals surface area contributed by atoms with Crippen molar-refractivity contribution in [3.63, 3.8) is 0 Å². The molecule has 9 heteroatoms. The molecule has 1 saturated carbocycles. The lowest BCUT2D eigenvalue weighted by molar-refractivity contribution is -0.228. The normalized spacial score (nSPS) is 39.2. The summed E-state index contributed by atoms with van der Waals surface area (Å²) in [5, 5.41) is 20.7. The minimum Gasteiger partial charge on any atom is -0.458 e. The van der Waals surface area contributed by atoms with E-state index in [0.29, 0.717) is 26.1 Å². The Morgan fingerprint density at radius 2 is 2.13 bits per heavy atom. The first-order chi connectivity index (χ1) is 18.1. The zero-order valence-corrected chi connectivity index (χ0v) is 22.3. The lowest BCUT2D eigenvalue weighted by atomic mass is 9.51. The van der Waals surface area contributed by atoms with Crippen LogP contribution in [0.15, 0.2) is 47.6 Å². The van der Waals surface area contributed by atoms with Crippen molar-refractivity contribution < 1.29 is 43.5 Å². The van der Waals surface area contributed by atoms with Gasteiger partial charge in [0.05, 0.1) is 38.1 Å². The van der Waals surface area contributed by atoms with Gasteiger partial charge >= 0.3 is 11.9 Å². The fourth-order valence-electron chi connectivity index (χ4n) is 6.89. The van der Waals surface area contributed by atoms with E-state index in [1.165, 1.54) is 17.7 Å². The van der Waals surface area contributed by atoms with Crippen molar-refractivity contribution in [2.24, 2.45) is 10.8 Å². The summed E-state index contributed by atoms with van der Waals surface area (Å²) in [6.45, 7) is 6.87. The van der Waals surface area contributed by atoms with Gasteiger partial charge in [0.2, 0.25) is 0 Å². The predicted molar refractivity (Wildman–Crippen MR) is 136 cm³/mol. The number of cyclic esters (lactones) is 1. The van der Waals surface area contributed by atoms with E-state index >= 15 is 0 Å². The summed E-state index contributed by atoms with van der Waals surface area (Å²) in [5.74, 6) is -0.827. The van der Waals surface area contributed by atoms with Crippen molar-refractivity contribution in [2.45, 2.75) is 82.6 Å². The molecule has 2 saturated heterocycles. The third kappa shape index (κ3) is 4.48. The zero-order chi connectivity index (χ0) is 27.1. The summed E-state index contributed by atoms with van der Waals surface area (Å²) in [6, 6.07) is 0. The number of hydrogen-bond acceptors (Lipinski definition) is 9. The second-order valence-electron chi connectivity index (χ2n) is 11.4. The predicted octanol–water partition coefficient (Wildman–Crippen LogP) is 2.32. The molecule has 9 nitrogen and oxygen atoms in total. The highest BCUT2D eigenvalue weighted by Gasteiger charge is 2.82. The van der Waals surface area contributed by atoms with Gasteiger partial charge < -0.3 is 33.9 Å². The molecule has 0 aromatic carbocycles. The Labute approximate surface area is 223 Å². The van der Waals surface area contributed by atoms with Crippen molar-refractivity contribution in [3.05, 3.63) is 47.6 Å². The third-order valence-corrected chi connectivity index (χ3v) is 9.33. The fourth-order valence-corrected chi connectivity index (χ4v) is 6.89. The van der Waals surface area contributed by atoms with Crippen molar-refractivity contribution in [1.82, 2.24) is 0 Å². The molecular formula is C29H38O9. The van der Waals surface area contributed by atoms with E-state index in [1.807, 2.05) is 0 Å². The lowest BCUT2D eigenvalue weighted by Gasteiger charge is -2.58. The smallest absolute Gasteiger partial charge is 0.331 e. The summed E-state index contributed by atoms with van der Waals surface area (Å²) in [4.78, 5) is 24.0. The molecule has 3 fully saturated rings. The summed E-state index contributed by atoms with van der Waals surface area (Å²) in [5.41, 5.74) is 0.413. The van der Waals surface area contributed by atoms with Gasteiger partial charge in [0.25, 0.3) is 0 Å². The quantitative estimate of drug-likeness (QED) is 0.144. The van der Waals surface area contributed by atoms with Crippen molar-refractivity contribution >= 4 is 11.9 Å². The SMILES string of the molecule is CC1=C[C@H]2O[C@@H]3C[C@H](OC(=O)/C=C/C=C/C(OCCC4=CC(=O)OC4)C(C)O)[C@](C)([C@@]2(CO)CC1)[C@@]31CO1. The Kier molecular flexibility index (Phi) is 7.43. The van der Waals surface area contributed by atoms with Crippen LogP contribution in [0.25, 0.3) is 0 Å². The van der Waals surface area contributed by atoms with Gasteiger partial charge in [-0.3, -0.25) is 0 Å². The Morgan fingerprint density at radius 3 is 2.79 bits per heavy atom. The van der Waals surface area contributed by atoms with E-state index < -0.39 is 40.7 Å². The molecule has 0 aromatic rings. The van der Waals surface area contributed by atoms with Gasteiger partial charge in [-0.1, -0.05) is 36.8 Å². The number of ether oxygens (including phenoxy) is 5. The van der Waals surface area contributed by atoms with Crippen molar-refractivity contribution in [3.8, 4) is 0 Å². The molecule has 8 atom stereocenters. The van der Waals surface area contributed by atoms with E-state index in [-0.39, 0.29) is 31.4 Å². The summed E-state index contributed by atoms with van der Waals surface area (Å²) < 4.78 is 29.1. The number of aliphatic hydroxyl groups excluding tert-OH is 2. The summed E-state index contributed by atoms with van der Waals surface area (Å²) in [7, 11) is 0. The molecule has 0 amide bonds. The third-order valence-electron chi connectivity index (χ3n) is 9.33. The molecule has 38 heavy (non-hydrogen) atoms. The van der Waals surface area contributed by atoms with E-state index in [1.54, 1.807) is 25.2 Å². The van der Waals surface area contributed by atoms with Gasteiger partial charge in [-0.05, 0) is 38.7 Å². The number of rotatable bonds is 10. The van der Waals surface area contributed by atoms with Gasteiger partial charge in [0.15, 0.2) is 0 Å². The highest BCUT2D eigenvalue weighted by atomic mass is 16.6. The van der Waals surface area contributed by atoms with Gasteiger partial charge in [-0.25, -0.2) is 9.59 Å². The van der Waals surface area contributed by atoms with Crippen LogP contribution in [0.5, 0.6) is 0 Å². The number of esters is 2. The largest absolute Gasteiger partial charge is 0.458 e. The fraction of sp³-hybridized carbons (Fsp3) is 0.655. The highest BCUT2D eigenvalue weighted by molar-refractivity contribution is 5.85. The van der Waals surface area contributed by atoms with E-state index in [0.717, 1.165) is 18.4 Å². The van der Waals surface area contributed by atoms with Crippen LogP contribution in [0.2, 0.25) is 0 Å². The van der Waals surface area contributed by atoms with Crippen LogP contribution in [-0.4, -0.2) is 84.7 Å². The van der Waals surface area contributed by atoms with Crippen LogP contribution >= 0.6 is 0 Å². The first kappa shape index (κ1) is 27.3. The Morgan fingerprint density at radius 1 is 1.34 bits per heavy atom. The average molecular weight is 531 g/mol. The zero-order valence-electron chi connectivity index (χ0n) is 22.3. The van der Waals surface area contributed by atoms with E-state index in [9.17, 15) is 19.8 Å². The molecule has 2 N–H and O–H groups in total. The molecule has 0 aromatic heterocycles. The van der Waals surface area contributed by atoms with Gasteiger partial charge in [0.1, 0.15) is 24.4 Å². The number of allylic oxidation sites excluding steroid dienone is 3. The van der Waals surface area contributed by atoms with Gasteiger partial charge in [-0.2, -0.15) is 0 Å². The average Bonchev–Trinajstić information content (AvgIpc) is 3.55. The monoisotopic (exact) mass is 530 g/mol. The summed E-state index contributed by atoms with van der Waals surface area (Å²) in [6.07, 6.45) is 10.3. The first-order valence-electron chi connectivity index (χ1n) is 13.4. The van der Waals surface area contributed by atoms with E-state index in [4.69, 9.17) is 23.7 Å². The molecule has 208 valence electrons. The van der Waals surface area contributed by atoms with E-state index in [2.05, 4.69) is 19.9 Å². The second kappa shape index (κ2) is 10.4. The molecule has 2 bridgehead atoms. The molecule has 5 aliphatic rings. The lowest BCUT2D eigenvalue weighted by Crippen LogP contribution is -2.66. The molecule has 0 radical (unpaired) electrons. The second-order valence-corrected chi connectivity index (χ2v) is 11.4. The molecular weight excluding hydrogens is 492 g/mol. The topological polar surface area (TPSA) is 124 Å². The number of epoxide rings is 1.